The van der Waals surface area contributed by atoms with E-state index in [2.05, 4.69) is 20.6 Å². The second-order valence-corrected chi connectivity index (χ2v) is 6.64. The van der Waals surface area contributed by atoms with Crippen molar-refractivity contribution in [1.29, 1.82) is 0 Å². The molecular formula is C22H24N4O3. The summed E-state index contributed by atoms with van der Waals surface area (Å²) < 4.78 is 10.8. The fourth-order valence-corrected chi connectivity index (χ4v) is 2.60. The van der Waals surface area contributed by atoms with Gasteiger partial charge in [-0.15, -0.1) is 0 Å². The maximum atomic E-state index is 12.5. The molecule has 1 heterocycles. The lowest BCUT2D eigenvalue weighted by Crippen LogP contribution is -2.14. The third-order valence-corrected chi connectivity index (χ3v) is 4.02. The highest BCUT2D eigenvalue weighted by Crippen LogP contribution is 2.18. The molecule has 0 saturated carbocycles. The number of rotatable bonds is 8. The molecule has 0 bridgehead atoms. The molecule has 0 spiro atoms. The number of ether oxygens (including phenoxy) is 2. The number of benzene rings is 2. The Labute approximate surface area is 170 Å². The van der Waals surface area contributed by atoms with E-state index in [4.69, 9.17) is 9.47 Å². The number of amides is 1. The first-order chi connectivity index (χ1) is 14.0. The molecule has 0 radical (unpaired) electrons. The van der Waals surface area contributed by atoms with Crippen molar-refractivity contribution >= 4 is 17.4 Å². The Morgan fingerprint density at radius 2 is 1.69 bits per heavy atom. The van der Waals surface area contributed by atoms with Crippen LogP contribution in [0.4, 0.5) is 11.5 Å². The second-order valence-electron chi connectivity index (χ2n) is 6.64. The Morgan fingerprint density at radius 1 is 1.00 bits per heavy atom. The van der Waals surface area contributed by atoms with Crippen LogP contribution < -0.4 is 20.1 Å². The largest absolute Gasteiger partial charge is 0.497 e. The minimum Gasteiger partial charge on any atom is -0.497 e. The van der Waals surface area contributed by atoms with E-state index < -0.39 is 0 Å². The third kappa shape index (κ3) is 5.93. The van der Waals surface area contributed by atoms with E-state index in [1.54, 1.807) is 25.3 Å². The van der Waals surface area contributed by atoms with Gasteiger partial charge in [0.05, 0.1) is 13.2 Å². The van der Waals surface area contributed by atoms with Crippen molar-refractivity contribution in [3.63, 3.8) is 0 Å². The van der Waals surface area contributed by atoms with Crippen molar-refractivity contribution in [2.24, 2.45) is 0 Å². The molecular weight excluding hydrogens is 368 g/mol. The van der Waals surface area contributed by atoms with Crippen LogP contribution in [0.3, 0.4) is 0 Å². The zero-order valence-electron chi connectivity index (χ0n) is 16.7. The van der Waals surface area contributed by atoms with Gasteiger partial charge in [-0.2, -0.15) is 0 Å². The number of aromatic nitrogens is 2. The number of nitrogens with one attached hydrogen (secondary N) is 2. The van der Waals surface area contributed by atoms with Gasteiger partial charge < -0.3 is 20.1 Å². The fraction of sp³-hybridized carbons (Fsp3) is 0.227. The molecule has 150 valence electrons. The molecule has 7 nitrogen and oxygen atoms in total. The number of anilines is 2. The lowest BCUT2D eigenvalue weighted by Gasteiger charge is -2.11. The fourth-order valence-electron chi connectivity index (χ4n) is 2.60. The highest BCUT2D eigenvalue weighted by Gasteiger charge is 2.10. The van der Waals surface area contributed by atoms with E-state index in [0.717, 1.165) is 17.1 Å². The van der Waals surface area contributed by atoms with Gasteiger partial charge in [-0.3, -0.25) is 4.79 Å². The summed E-state index contributed by atoms with van der Waals surface area (Å²) >= 11 is 0. The minimum absolute atomic E-state index is 0.0975. The van der Waals surface area contributed by atoms with Crippen molar-refractivity contribution < 1.29 is 14.3 Å². The van der Waals surface area contributed by atoms with Gasteiger partial charge in [0.15, 0.2) is 0 Å². The summed E-state index contributed by atoms with van der Waals surface area (Å²) in [6.45, 7) is 4.50. The molecule has 29 heavy (non-hydrogen) atoms. The summed E-state index contributed by atoms with van der Waals surface area (Å²) in [6, 6.07) is 16.6. The second kappa shape index (κ2) is 9.54. The van der Waals surface area contributed by atoms with E-state index in [-0.39, 0.29) is 17.7 Å². The van der Waals surface area contributed by atoms with E-state index in [1.165, 1.54) is 6.33 Å². The van der Waals surface area contributed by atoms with Crippen molar-refractivity contribution in [3.8, 4) is 11.5 Å². The summed E-state index contributed by atoms with van der Waals surface area (Å²) in [7, 11) is 1.63. The Bertz CT molecular complexity index is 941. The Kier molecular flexibility index (Phi) is 6.63. The van der Waals surface area contributed by atoms with Gasteiger partial charge in [0.2, 0.25) is 0 Å². The van der Waals surface area contributed by atoms with E-state index in [0.29, 0.717) is 18.1 Å². The number of carbonyl (C=O) groups is 1. The zero-order valence-corrected chi connectivity index (χ0v) is 16.7. The molecule has 0 unspecified atom stereocenters. The maximum Gasteiger partial charge on any atom is 0.274 e. The zero-order chi connectivity index (χ0) is 20.6. The van der Waals surface area contributed by atoms with Gasteiger partial charge in [0, 0.05) is 18.3 Å². The topological polar surface area (TPSA) is 85.4 Å². The van der Waals surface area contributed by atoms with Gasteiger partial charge >= 0.3 is 0 Å². The number of hydrogen-bond acceptors (Lipinski definition) is 6. The number of carbonyl (C=O) groups excluding carboxylic acids is 1. The molecule has 0 saturated heterocycles. The van der Waals surface area contributed by atoms with Crippen LogP contribution in [0.15, 0.2) is 60.9 Å². The van der Waals surface area contributed by atoms with Crippen molar-refractivity contribution in [2.45, 2.75) is 26.5 Å². The van der Waals surface area contributed by atoms with Gasteiger partial charge in [-0.25, -0.2) is 9.97 Å². The van der Waals surface area contributed by atoms with Crippen LogP contribution in [0.1, 0.15) is 29.9 Å². The van der Waals surface area contributed by atoms with Crippen LogP contribution in [0, 0.1) is 0 Å². The van der Waals surface area contributed by atoms with Crippen molar-refractivity contribution in [1.82, 2.24) is 9.97 Å². The van der Waals surface area contributed by atoms with Crippen molar-refractivity contribution in [3.05, 3.63) is 72.2 Å². The summed E-state index contributed by atoms with van der Waals surface area (Å²) in [5.41, 5.74) is 2.01. The summed E-state index contributed by atoms with van der Waals surface area (Å²) in [5, 5.41) is 6.02. The molecule has 3 rings (SSSR count). The number of methoxy groups -OCH3 is 1. The van der Waals surface area contributed by atoms with Crippen LogP contribution in [0.5, 0.6) is 11.5 Å². The first-order valence-corrected chi connectivity index (χ1v) is 9.30. The Balaban J connectivity index is 1.59. The molecule has 1 aromatic heterocycles. The molecule has 0 atom stereocenters. The number of hydrogen-bond donors (Lipinski definition) is 2. The predicted octanol–water partition coefficient (Wildman–Crippen LogP) is 4.14. The van der Waals surface area contributed by atoms with E-state index in [1.807, 2.05) is 50.2 Å². The molecule has 0 aliphatic rings. The minimum atomic E-state index is -0.308. The molecule has 3 aromatic rings. The monoisotopic (exact) mass is 392 g/mol. The summed E-state index contributed by atoms with van der Waals surface area (Å²) in [6.07, 6.45) is 1.46. The summed E-state index contributed by atoms with van der Waals surface area (Å²) in [5.74, 6) is 1.82. The van der Waals surface area contributed by atoms with Crippen LogP contribution in [-0.4, -0.2) is 29.1 Å². The van der Waals surface area contributed by atoms with E-state index in [9.17, 15) is 4.79 Å². The quantitative estimate of drug-likeness (QED) is 0.599. The highest BCUT2D eigenvalue weighted by atomic mass is 16.5. The standard InChI is InChI=1S/C22H24N4O3/c1-15(2)29-19-10-6-17(7-11-19)26-22(27)20-12-21(25-14-24-20)23-13-16-4-8-18(28-3)9-5-16/h4-12,14-15H,13H2,1-3H3,(H,26,27)(H,23,24,25). The highest BCUT2D eigenvalue weighted by molar-refractivity contribution is 6.03. The molecule has 0 aliphatic heterocycles. The first-order valence-electron chi connectivity index (χ1n) is 9.30. The van der Waals surface area contributed by atoms with Crippen molar-refractivity contribution in [2.75, 3.05) is 17.7 Å². The molecule has 2 aromatic carbocycles. The molecule has 0 fully saturated rings. The average Bonchev–Trinajstić information content (AvgIpc) is 2.74. The van der Waals surface area contributed by atoms with E-state index >= 15 is 0 Å². The summed E-state index contributed by atoms with van der Waals surface area (Å²) in [4.78, 5) is 20.7. The van der Waals surface area contributed by atoms with Gasteiger partial charge in [0.25, 0.3) is 5.91 Å². The SMILES string of the molecule is COc1ccc(CNc2cc(C(=O)Nc3ccc(OC(C)C)cc3)ncn2)cc1. The average molecular weight is 392 g/mol. The molecule has 1 amide bonds. The van der Waals surface area contributed by atoms with Gasteiger partial charge in [0.1, 0.15) is 29.3 Å². The van der Waals surface area contributed by atoms with Crippen LogP contribution in [-0.2, 0) is 6.54 Å². The molecule has 0 aliphatic carbocycles. The van der Waals surface area contributed by atoms with Gasteiger partial charge in [-0.05, 0) is 55.8 Å². The van der Waals surface area contributed by atoms with Gasteiger partial charge in [-0.1, -0.05) is 12.1 Å². The Hall–Kier alpha value is -3.61. The maximum absolute atomic E-state index is 12.5. The van der Waals surface area contributed by atoms with Crippen LogP contribution >= 0.6 is 0 Å². The number of nitrogens with zero attached hydrogens (tertiary/aromatic N) is 2. The van der Waals surface area contributed by atoms with Crippen LogP contribution in [0.25, 0.3) is 0 Å². The lowest BCUT2D eigenvalue weighted by molar-refractivity contribution is 0.102. The normalized spacial score (nSPS) is 10.5. The Morgan fingerprint density at radius 3 is 2.34 bits per heavy atom. The lowest BCUT2D eigenvalue weighted by atomic mass is 10.2. The predicted molar refractivity (Wildman–Crippen MR) is 113 cm³/mol. The first kappa shape index (κ1) is 20.1. The van der Waals surface area contributed by atoms with Crippen LogP contribution in [0.2, 0.25) is 0 Å². The third-order valence-electron chi connectivity index (χ3n) is 4.02. The molecule has 7 heteroatoms. The molecule has 2 N–H and O–H groups in total. The smallest absolute Gasteiger partial charge is 0.274 e.